The summed E-state index contributed by atoms with van der Waals surface area (Å²) in [5.41, 5.74) is 1.61. The maximum Gasteiger partial charge on any atom is 0.287 e. The highest BCUT2D eigenvalue weighted by Gasteiger charge is 2.20. The number of carbonyl (C=O) groups is 2. The summed E-state index contributed by atoms with van der Waals surface area (Å²) in [5.74, 6) is -2.07. The molecule has 1 amide bonds. The number of carbonyl (C=O) groups excluding carboxylic acids is 2. The molecule has 38 heavy (non-hydrogen) atoms. The van der Waals surface area contributed by atoms with Gasteiger partial charge >= 0.3 is 0 Å². The molecule has 2 aromatic heterocycles. The molecule has 10 nitrogen and oxygen atoms in total. The number of amides is 1. The largest absolute Gasteiger partial charge is 0.353 e. The average Bonchev–Trinajstić information content (AvgIpc) is 2.88. The van der Waals surface area contributed by atoms with Crippen molar-refractivity contribution in [3.05, 3.63) is 81.9 Å². The van der Waals surface area contributed by atoms with Crippen molar-refractivity contribution in [2.45, 2.75) is 24.8 Å². The Hall–Kier alpha value is -4.16. The number of hydrogen-bond acceptors (Lipinski definition) is 7. The van der Waals surface area contributed by atoms with Gasteiger partial charge in [-0.3, -0.25) is 28.7 Å². The van der Waals surface area contributed by atoms with Crippen molar-refractivity contribution in [2.24, 2.45) is 0 Å². The Balaban J connectivity index is 1.67. The summed E-state index contributed by atoms with van der Waals surface area (Å²) in [6.07, 6.45) is 2.66. The Bertz CT molecular complexity index is 1760. The van der Waals surface area contributed by atoms with E-state index in [1.165, 1.54) is 24.1 Å². The van der Waals surface area contributed by atoms with E-state index in [1.807, 2.05) is 0 Å². The van der Waals surface area contributed by atoms with Crippen LogP contribution in [-0.2, 0) is 26.2 Å². The molecule has 4 aromatic rings. The summed E-state index contributed by atoms with van der Waals surface area (Å²) in [6, 6.07) is 9.44. The summed E-state index contributed by atoms with van der Waals surface area (Å²) >= 11 is 5.94. The van der Waals surface area contributed by atoms with Crippen molar-refractivity contribution in [1.29, 1.82) is 0 Å². The highest BCUT2D eigenvalue weighted by Crippen LogP contribution is 2.29. The van der Waals surface area contributed by atoms with Crippen LogP contribution >= 0.6 is 11.6 Å². The van der Waals surface area contributed by atoms with Gasteiger partial charge in [0, 0.05) is 31.8 Å². The number of nitrogens with one attached hydrogen (secondary N) is 2. The van der Waals surface area contributed by atoms with Gasteiger partial charge in [-0.2, -0.15) is 0 Å². The number of hydrogen-bond donors (Lipinski definition) is 2. The number of benzene rings is 2. The molecule has 2 N–H and O–H groups in total. The lowest BCUT2D eigenvalue weighted by atomic mass is 10.0. The van der Waals surface area contributed by atoms with E-state index in [0.29, 0.717) is 22.3 Å². The zero-order valence-electron chi connectivity index (χ0n) is 20.2. The fraction of sp³-hybridized carbons (Fsp3) is 0.160. The first-order chi connectivity index (χ1) is 18.0. The van der Waals surface area contributed by atoms with Crippen LogP contribution in [0.2, 0.25) is 5.02 Å². The van der Waals surface area contributed by atoms with Crippen molar-refractivity contribution in [2.75, 3.05) is 11.8 Å². The molecule has 0 unspecified atom stereocenters. The zero-order chi connectivity index (χ0) is 27.6. The standard InChI is InChI=1S/C25H21ClFN5O5S/c1-14-21(31-38(36,37)23-6-4-17(27)11-19(23)26)10-16(12-29-14)15-3-5-20-18(9-15)25(35)32(13-30-20)8-7-22(33)24(34)28-2/h3-6,9-13,31H,7-8H2,1-2H3,(H,28,34). The van der Waals surface area contributed by atoms with Crippen molar-refractivity contribution < 1.29 is 22.4 Å². The Morgan fingerprint density at radius 3 is 2.55 bits per heavy atom. The number of aryl methyl sites for hydroxylation is 2. The Labute approximate surface area is 221 Å². The lowest BCUT2D eigenvalue weighted by molar-refractivity contribution is -0.137. The van der Waals surface area contributed by atoms with E-state index < -0.39 is 33.1 Å². The summed E-state index contributed by atoms with van der Waals surface area (Å²) in [5, 5.41) is 2.24. The molecule has 0 saturated carbocycles. The Morgan fingerprint density at radius 1 is 1.08 bits per heavy atom. The van der Waals surface area contributed by atoms with Crippen LogP contribution in [0, 0.1) is 12.7 Å². The van der Waals surface area contributed by atoms with Gasteiger partial charge in [0.15, 0.2) is 0 Å². The molecule has 196 valence electrons. The van der Waals surface area contributed by atoms with E-state index >= 15 is 0 Å². The number of nitrogens with zero attached hydrogens (tertiary/aromatic N) is 3. The number of pyridine rings is 1. The molecule has 13 heteroatoms. The van der Waals surface area contributed by atoms with Crippen LogP contribution in [0.1, 0.15) is 12.1 Å². The topological polar surface area (TPSA) is 140 Å². The first-order valence-electron chi connectivity index (χ1n) is 11.2. The van der Waals surface area contributed by atoms with Crippen LogP contribution < -0.4 is 15.6 Å². The fourth-order valence-corrected chi connectivity index (χ4v) is 5.30. The molecule has 0 bridgehead atoms. The first-order valence-corrected chi connectivity index (χ1v) is 13.1. The first kappa shape index (κ1) is 26.9. The molecule has 0 aliphatic rings. The number of aromatic nitrogens is 3. The monoisotopic (exact) mass is 557 g/mol. The zero-order valence-corrected chi connectivity index (χ0v) is 21.7. The van der Waals surface area contributed by atoms with Crippen LogP contribution in [0.15, 0.2) is 64.7 Å². The molecule has 2 heterocycles. The van der Waals surface area contributed by atoms with Gasteiger partial charge in [0.2, 0.25) is 5.78 Å². The number of rotatable bonds is 8. The third-order valence-corrected chi connectivity index (χ3v) is 7.58. The van der Waals surface area contributed by atoms with Crippen LogP contribution in [0.3, 0.4) is 0 Å². The smallest absolute Gasteiger partial charge is 0.287 e. The number of sulfonamides is 1. The van der Waals surface area contributed by atoms with E-state index in [1.54, 1.807) is 31.2 Å². The van der Waals surface area contributed by atoms with E-state index in [9.17, 15) is 27.2 Å². The fourth-order valence-electron chi connectivity index (χ4n) is 3.66. The molecule has 0 radical (unpaired) electrons. The van der Waals surface area contributed by atoms with Crippen LogP contribution in [-0.4, -0.2) is 41.7 Å². The van der Waals surface area contributed by atoms with Gasteiger partial charge in [-0.05, 0) is 48.9 Å². The molecular formula is C25H21ClFN5O5S. The molecule has 0 saturated heterocycles. The van der Waals surface area contributed by atoms with Crippen LogP contribution in [0.5, 0.6) is 0 Å². The lowest BCUT2D eigenvalue weighted by Crippen LogP contribution is -2.29. The van der Waals surface area contributed by atoms with Crippen molar-refractivity contribution in [1.82, 2.24) is 19.9 Å². The number of ketones is 1. The third-order valence-electron chi connectivity index (χ3n) is 5.73. The minimum absolute atomic E-state index is 0.0256. The molecular weight excluding hydrogens is 537 g/mol. The number of Topliss-reactive ketones (excluding diaryl/α,β-unsaturated/α-hetero) is 1. The predicted molar refractivity (Wildman–Crippen MR) is 140 cm³/mol. The van der Waals surface area contributed by atoms with Gasteiger partial charge in [0.25, 0.3) is 21.5 Å². The molecule has 0 spiro atoms. The highest BCUT2D eigenvalue weighted by molar-refractivity contribution is 7.92. The molecule has 4 rings (SSSR count). The Kier molecular flexibility index (Phi) is 7.56. The maximum absolute atomic E-state index is 13.4. The molecule has 0 fully saturated rings. The van der Waals surface area contributed by atoms with Gasteiger partial charge in [0.1, 0.15) is 10.7 Å². The SMILES string of the molecule is CNC(=O)C(=O)CCn1cnc2ccc(-c3cnc(C)c(NS(=O)(=O)c4ccc(F)cc4Cl)c3)cc2c1=O. The second-order valence-corrected chi connectivity index (χ2v) is 10.3. The van der Waals surface area contributed by atoms with Gasteiger partial charge in [-0.1, -0.05) is 17.7 Å². The summed E-state index contributed by atoms with van der Waals surface area (Å²) in [7, 11) is -2.81. The number of likely N-dealkylation sites (N-methyl/N-ethyl adjacent to an activating group) is 1. The molecule has 0 atom stereocenters. The number of halogens is 2. The predicted octanol–water partition coefficient (Wildman–Crippen LogP) is 3.07. The summed E-state index contributed by atoms with van der Waals surface area (Å²) in [4.78, 5) is 44.5. The van der Waals surface area contributed by atoms with E-state index in [0.717, 1.165) is 18.2 Å². The van der Waals surface area contributed by atoms with Gasteiger partial charge in [0.05, 0.1) is 33.6 Å². The van der Waals surface area contributed by atoms with Gasteiger partial charge < -0.3 is 5.32 Å². The lowest BCUT2D eigenvalue weighted by Gasteiger charge is -2.13. The normalized spacial score (nSPS) is 11.4. The third kappa shape index (κ3) is 5.55. The molecule has 2 aromatic carbocycles. The molecule has 0 aliphatic carbocycles. The quantitative estimate of drug-likeness (QED) is 0.317. The van der Waals surface area contributed by atoms with E-state index in [4.69, 9.17) is 11.6 Å². The van der Waals surface area contributed by atoms with Crippen LogP contribution in [0.25, 0.3) is 22.0 Å². The Morgan fingerprint density at radius 2 is 1.84 bits per heavy atom. The van der Waals surface area contributed by atoms with Gasteiger partial charge in [-0.15, -0.1) is 0 Å². The second kappa shape index (κ2) is 10.7. The summed E-state index contributed by atoms with van der Waals surface area (Å²) < 4.78 is 42.9. The second-order valence-electron chi connectivity index (χ2n) is 8.26. The number of fused-ring (bicyclic) bond motifs is 1. The van der Waals surface area contributed by atoms with E-state index in [-0.39, 0.29) is 34.0 Å². The number of anilines is 1. The molecule has 0 aliphatic heterocycles. The summed E-state index contributed by atoms with van der Waals surface area (Å²) in [6.45, 7) is 1.58. The minimum atomic E-state index is -4.16. The van der Waals surface area contributed by atoms with Crippen molar-refractivity contribution in [3.8, 4) is 11.1 Å². The van der Waals surface area contributed by atoms with E-state index in [2.05, 4.69) is 20.0 Å². The highest BCUT2D eigenvalue weighted by atomic mass is 35.5. The minimum Gasteiger partial charge on any atom is -0.353 e. The van der Waals surface area contributed by atoms with Crippen LogP contribution in [0.4, 0.5) is 10.1 Å². The van der Waals surface area contributed by atoms with Gasteiger partial charge in [-0.25, -0.2) is 17.8 Å². The van der Waals surface area contributed by atoms with Crippen molar-refractivity contribution in [3.63, 3.8) is 0 Å². The van der Waals surface area contributed by atoms with Crippen molar-refractivity contribution >= 4 is 49.9 Å². The maximum atomic E-state index is 13.4. The average molecular weight is 558 g/mol.